The van der Waals surface area contributed by atoms with Crippen molar-refractivity contribution >= 4 is 5.97 Å². The first-order chi connectivity index (χ1) is 14.9. The molecule has 1 aromatic heterocycles. The van der Waals surface area contributed by atoms with Crippen LogP contribution in [0.3, 0.4) is 0 Å². The van der Waals surface area contributed by atoms with E-state index in [1.807, 2.05) is 19.9 Å². The van der Waals surface area contributed by atoms with Crippen molar-refractivity contribution in [2.75, 3.05) is 0 Å². The number of furan rings is 1. The fraction of sp³-hybridized carbons (Fsp3) is 0.346. The molecule has 0 bridgehead atoms. The van der Waals surface area contributed by atoms with E-state index in [0.717, 1.165) is 35.3 Å². The molecule has 5 heteroatoms. The standard InChI is InChI=1S/C26H27FO4/c1-16-14-20(27)10-13-22(16)24-15-23(17(2)30-24)25(18-6-4-3-5-7-18)31-21-11-8-19(9-12-21)26(28)29/h8-15,18,25H,3-7H2,1-2H3,(H,28,29). The molecule has 0 saturated heterocycles. The van der Waals surface area contributed by atoms with Gasteiger partial charge in [0.1, 0.15) is 29.2 Å². The van der Waals surface area contributed by atoms with Gasteiger partial charge in [-0.15, -0.1) is 0 Å². The fourth-order valence-corrected chi connectivity index (χ4v) is 4.49. The Morgan fingerprint density at radius 3 is 2.42 bits per heavy atom. The van der Waals surface area contributed by atoms with Crippen molar-refractivity contribution in [1.29, 1.82) is 0 Å². The predicted octanol–water partition coefficient (Wildman–Crippen LogP) is 7.10. The Morgan fingerprint density at radius 1 is 1.06 bits per heavy atom. The quantitative estimate of drug-likeness (QED) is 0.460. The summed E-state index contributed by atoms with van der Waals surface area (Å²) in [6, 6.07) is 13.2. The number of hydrogen-bond acceptors (Lipinski definition) is 3. The first-order valence-electron chi connectivity index (χ1n) is 10.8. The molecule has 2 aromatic carbocycles. The van der Waals surface area contributed by atoms with Crippen LogP contribution in [0.1, 0.15) is 65.5 Å². The van der Waals surface area contributed by atoms with Gasteiger partial charge in [0, 0.05) is 17.0 Å². The van der Waals surface area contributed by atoms with Crippen LogP contribution >= 0.6 is 0 Å². The molecule has 0 amide bonds. The van der Waals surface area contributed by atoms with E-state index in [-0.39, 0.29) is 17.5 Å². The van der Waals surface area contributed by atoms with Crippen molar-refractivity contribution in [3.05, 3.63) is 76.8 Å². The van der Waals surface area contributed by atoms with Crippen molar-refractivity contribution in [2.24, 2.45) is 5.92 Å². The largest absolute Gasteiger partial charge is 0.485 e. The van der Waals surface area contributed by atoms with Crippen LogP contribution in [0, 0.1) is 25.6 Å². The summed E-state index contributed by atoms with van der Waals surface area (Å²) in [6.07, 6.45) is 5.54. The average molecular weight is 422 g/mol. The molecule has 0 aliphatic heterocycles. The van der Waals surface area contributed by atoms with E-state index in [0.29, 0.717) is 17.4 Å². The van der Waals surface area contributed by atoms with Crippen molar-refractivity contribution in [2.45, 2.75) is 52.1 Å². The number of benzene rings is 2. The second-order valence-electron chi connectivity index (χ2n) is 8.35. The highest BCUT2D eigenvalue weighted by atomic mass is 19.1. The van der Waals surface area contributed by atoms with Crippen LogP contribution < -0.4 is 4.74 Å². The normalized spacial score (nSPS) is 15.6. The number of rotatable bonds is 6. The third-order valence-corrected chi connectivity index (χ3v) is 6.16. The Bertz CT molecular complexity index is 1060. The number of carboxylic acids is 1. The van der Waals surface area contributed by atoms with E-state index in [9.17, 15) is 9.18 Å². The molecule has 1 fully saturated rings. The lowest BCUT2D eigenvalue weighted by molar-refractivity contribution is 0.0696. The number of aryl methyl sites for hydroxylation is 2. The fourth-order valence-electron chi connectivity index (χ4n) is 4.49. The minimum Gasteiger partial charge on any atom is -0.485 e. The molecule has 31 heavy (non-hydrogen) atoms. The molecule has 4 rings (SSSR count). The third-order valence-electron chi connectivity index (χ3n) is 6.16. The summed E-state index contributed by atoms with van der Waals surface area (Å²) in [6.45, 7) is 3.81. The second-order valence-corrected chi connectivity index (χ2v) is 8.35. The molecular weight excluding hydrogens is 395 g/mol. The molecule has 1 heterocycles. The second kappa shape index (κ2) is 8.96. The first-order valence-corrected chi connectivity index (χ1v) is 10.8. The summed E-state index contributed by atoms with van der Waals surface area (Å²) in [4.78, 5) is 11.2. The molecule has 1 aliphatic rings. The summed E-state index contributed by atoms with van der Waals surface area (Å²) in [5.41, 5.74) is 2.91. The Kier molecular flexibility index (Phi) is 6.12. The highest BCUT2D eigenvalue weighted by Crippen LogP contribution is 2.41. The van der Waals surface area contributed by atoms with Gasteiger partial charge in [-0.3, -0.25) is 0 Å². The molecule has 0 radical (unpaired) electrons. The van der Waals surface area contributed by atoms with Gasteiger partial charge in [0.2, 0.25) is 0 Å². The maximum atomic E-state index is 13.6. The molecule has 1 unspecified atom stereocenters. The predicted molar refractivity (Wildman–Crippen MR) is 117 cm³/mol. The molecule has 4 nitrogen and oxygen atoms in total. The number of halogens is 1. The van der Waals surface area contributed by atoms with Crippen LogP contribution in [0.25, 0.3) is 11.3 Å². The zero-order valence-electron chi connectivity index (χ0n) is 17.9. The van der Waals surface area contributed by atoms with Crippen molar-refractivity contribution in [3.8, 4) is 17.1 Å². The van der Waals surface area contributed by atoms with Crippen molar-refractivity contribution in [3.63, 3.8) is 0 Å². The van der Waals surface area contributed by atoms with Gasteiger partial charge < -0.3 is 14.3 Å². The summed E-state index contributed by atoms with van der Waals surface area (Å²) in [5, 5.41) is 9.15. The lowest BCUT2D eigenvalue weighted by atomic mass is 9.82. The van der Waals surface area contributed by atoms with E-state index < -0.39 is 5.97 Å². The van der Waals surface area contributed by atoms with Gasteiger partial charge in [0.15, 0.2) is 0 Å². The van der Waals surface area contributed by atoms with E-state index in [4.69, 9.17) is 14.3 Å². The van der Waals surface area contributed by atoms with Crippen LogP contribution in [0.4, 0.5) is 4.39 Å². The van der Waals surface area contributed by atoms with Crippen LogP contribution in [0.15, 0.2) is 52.9 Å². The molecular formula is C26H27FO4. The summed E-state index contributed by atoms with van der Waals surface area (Å²) in [7, 11) is 0. The number of hydrogen-bond donors (Lipinski definition) is 1. The molecule has 1 saturated carbocycles. The molecule has 3 aromatic rings. The molecule has 1 atom stereocenters. The van der Waals surface area contributed by atoms with Gasteiger partial charge >= 0.3 is 5.97 Å². The molecule has 0 spiro atoms. The van der Waals surface area contributed by atoms with E-state index in [2.05, 4.69) is 0 Å². The van der Waals surface area contributed by atoms with E-state index in [1.165, 1.54) is 31.4 Å². The minimum atomic E-state index is -0.958. The summed E-state index contributed by atoms with van der Waals surface area (Å²) in [5.74, 6) is 1.26. The number of carboxylic acid groups (broad SMARTS) is 1. The van der Waals surface area contributed by atoms with Gasteiger partial charge in [-0.25, -0.2) is 9.18 Å². The Balaban J connectivity index is 1.68. The maximum absolute atomic E-state index is 13.6. The summed E-state index contributed by atoms with van der Waals surface area (Å²) < 4.78 is 26.1. The van der Waals surface area contributed by atoms with E-state index >= 15 is 0 Å². The Labute approximate surface area is 181 Å². The lowest BCUT2D eigenvalue weighted by Crippen LogP contribution is -2.21. The first kappa shape index (κ1) is 21.2. The third kappa shape index (κ3) is 4.66. The molecule has 162 valence electrons. The van der Waals surface area contributed by atoms with Gasteiger partial charge in [0.25, 0.3) is 0 Å². The van der Waals surface area contributed by atoms with Gasteiger partial charge in [0.05, 0.1) is 5.56 Å². The zero-order valence-corrected chi connectivity index (χ0v) is 17.9. The van der Waals surface area contributed by atoms with E-state index in [1.54, 1.807) is 30.3 Å². The van der Waals surface area contributed by atoms with Crippen molar-refractivity contribution < 1.29 is 23.4 Å². The highest BCUT2D eigenvalue weighted by molar-refractivity contribution is 5.87. The van der Waals surface area contributed by atoms with Crippen LogP contribution in [-0.4, -0.2) is 11.1 Å². The van der Waals surface area contributed by atoms with Gasteiger partial charge in [-0.1, -0.05) is 19.3 Å². The number of carbonyl (C=O) groups is 1. The lowest BCUT2D eigenvalue weighted by Gasteiger charge is -2.30. The van der Waals surface area contributed by atoms with Gasteiger partial charge in [-0.05, 0) is 80.8 Å². The van der Waals surface area contributed by atoms with Crippen LogP contribution in [0.5, 0.6) is 5.75 Å². The Hall–Kier alpha value is -3.08. The molecule has 1 aliphatic carbocycles. The highest BCUT2D eigenvalue weighted by Gasteiger charge is 2.30. The van der Waals surface area contributed by atoms with Gasteiger partial charge in [-0.2, -0.15) is 0 Å². The van der Waals surface area contributed by atoms with Crippen LogP contribution in [0.2, 0.25) is 0 Å². The average Bonchev–Trinajstić information content (AvgIpc) is 3.14. The maximum Gasteiger partial charge on any atom is 0.335 e. The Morgan fingerprint density at radius 2 is 1.77 bits per heavy atom. The monoisotopic (exact) mass is 422 g/mol. The summed E-state index contributed by atoms with van der Waals surface area (Å²) >= 11 is 0. The topological polar surface area (TPSA) is 59.7 Å². The zero-order chi connectivity index (χ0) is 22.0. The number of aromatic carboxylic acids is 1. The smallest absolute Gasteiger partial charge is 0.335 e. The SMILES string of the molecule is Cc1cc(F)ccc1-c1cc(C(Oc2ccc(C(=O)O)cc2)C2CCCCC2)c(C)o1. The minimum absolute atomic E-state index is 0.186. The number of ether oxygens (including phenoxy) is 1. The van der Waals surface area contributed by atoms with Crippen LogP contribution in [-0.2, 0) is 0 Å². The van der Waals surface area contributed by atoms with Crippen molar-refractivity contribution in [1.82, 2.24) is 0 Å². The molecule has 1 N–H and O–H groups in total.